The van der Waals surface area contributed by atoms with Crippen LogP contribution in [0.5, 0.6) is 0 Å². The molecule has 4 aliphatic rings. The van der Waals surface area contributed by atoms with E-state index < -0.39 is 84.1 Å². The van der Waals surface area contributed by atoms with E-state index in [1.54, 1.807) is 0 Å². The van der Waals surface area contributed by atoms with Gasteiger partial charge in [0.15, 0.2) is 16.8 Å². The van der Waals surface area contributed by atoms with E-state index in [2.05, 4.69) is 76.3 Å². The molecule has 1 aliphatic heterocycles. The summed E-state index contributed by atoms with van der Waals surface area (Å²) < 4.78 is 7.09. The SMILES string of the molecule is Clc1cc(NCCCN[C@@H]2C[C@@H]3CCC4(OO[C@@]5(c6ccccc6)CC(c6ccccc6)=C[C@H]5O4)[C@@H]3C2)c2ncccc2c1.O=C(O)CC(O)(CC(=O)O)C(=O)O.O=C(O)CC(O)(CC(=O)O)C(=O)O. The second-order valence-corrected chi connectivity index (χ2v) is 18.2. The molecule has 1 saturated heterocycles. The standard InChI is InChI=1S/C37H38ClN3O3.2C6H8O7/c38-30-19-27-11-7-16-41-35(27)33(22-30)40-18-8-17-39-31-20-26-14-15-37(32(26)23-31)42-34-21-28(25-9-3-1-4-10-25)24-36(34,43-44-37)29-12-5-2-6-13-29;2*7-3(8)1-6(13,5(11)12)2-4(9)10/h1-7,9-13,16,19,21-22,26,31-32,34,39-40H,8,14-15,17-18,20,23-24H2;2*13H,1-2H2,(H,7,8)(H,9,10)(H,11,12)/t26-,31+,32+,34+,36+,37?;;/m0../s1. The van der Waals surface area contributed by atoms with Crippen LogP contribution < -0.4 is 10.6 Å². The summed E-state index contributed by atoms with van der Waals surface area (Å²) in [5.74, 6) is -9.86. The molecule has 2 heterocycles. The number of rotatable bonds is 18. The second-order valence-electron chi connectivity index (χ2n) is 17.8. The number of hydrogen-bond acceptors (Lipinski definition) is 14. The average molecular weight is 992 g/mol. The summed E-state index contributed by atoms with van der Waals surface area (Å²) in [6.45, 7) is 1.79. The van der Waals surface area contributed by atoms with Gasteiger partial charge < -0.3 is 56.2 Å². The van der Waals surface area contributed by atoms with Gasteiger partial charge in [-0.3, -0.25) is 24.2 Å². The molecule has 3 fully saturated rings. The highest BCUT2D eigenvalue weighted by molar-refractivity contribution is 6.31. The summed E-state index contributed by atoms with van der Waals surface area (Å²) in [4.78, 5) is 78.6. The molecular formula is C49H54ClN3O17. The van der Waals surface area contributed by atoms with E-state index in [9.17, 15) is 28.8 Å². The highest BCUT2D eigenvalue weighted by atomic mass is 35.5. The van der Waals surface area contributed by atoms with Crippen LogP contribution in [0.25, 0.3) is 16.5 Å². The largest absolute Gasteiger partial charge is 0.481 e. The van der Waals surface area contributed by atoms with Crippen LogP contribution in [0, 0.1) is 11.8 Å². The molecule has 20 nitrogen and oxygen atoms in total. The molecular weight excluding hydrogens is 938 g/mol. The van der Waals surface area contributed by atoms with Crippen molar-refractivity contribution in [2.75, 3.05) is 18.4 Å². The zero-order valence-electron chi connectivity index (χ0n) is 37.6. The minimum absolute atomic E-state index is 0.206. The number of carboxylic acids is 6. The molecule has 0 amide bonds. The summed E-state index contributed by atoms with van der Waals surface area (Å²) >= 11 is 6.35. The van der Waals surface area contributed by atoms with Crippen molar-refractivity contribution in [1.82, 2.24) is 10.3 Å². The number of benzene rings is 3. The Kier molecular flexibility index (Phi) is 17.0. The van der Waals surface area contributed by atoms with Gasteiger partial charge in [0.25, 0.3) is 0 Å². The Labute approximate surface area is 405 Å². The Morgan fingerprint density at radius 2 is 1.31 bits per heavy atom. The molecule has 0 radical (unpaired) electrons. The summed E-state index contributed by atoms with van der Waals surface area (Å²) in [7, 11) is 0. The highest BCUT2D eigenvalue weighted by Gasteiger charge is 2.63. The molecule has 1 aromatic heterocycles. The van der Waals surface area contributed by atoms with Crippen LogP contribution in [0.1, 0.15) is 75.3 Å². The minimum Gasteiger partial charge on any atom is -0.481 e. The fourth-order valence-electron chi connectivity index (χ4n) is 9.54. The maximum Gasteiger partial charge on any atom is 0.336 e. The fraction of sp³-hybridized carbons (Fsp3) is 0.408. The number of carbonyl (C=O) groups is 6. The number of carboxylic acid groups (broad SMARTS) is 6. The van der Waals surface area contributed by atoms with E-state index in [-0.39, 0.29) is 6.10 Å². The normalized spacial score (nSPS) is 23.4. The first-order valence-corrected chi connectivity index (χ1v) is 22.7. The molecule has 374 valence electrons. The lowest BCUT2D eigenvalue weighted by molar-refractivity contribution is -0.533. The summed E-state index contributed by atoms with van der Waals surface area (Å²) in [6, 6.07) is 29.4. The van der Waals surface area contributed by atoms with Crippen LogP contribution >= 0.6 is 11.6 Å². The van der Waals surface area contributed by atoms with Crippen LogP contribution in [0.2, 0.25) is 5.02 Å². The molecule has 0 bridgehead atoms. The number of nitrogens with zero attached hydrogens (tertiary/aromatic N) is 1. The Morgan fingerprint density at radius 1 is 0.729 bits per heavy atom. The number of ether oxygens (including phenoxy) is 1. The number of halogens is 1. The third-order valence-corrected chi connectivity index (χ3v) is 13.0. The number of aliphatic carboxylic acids is 6. The van der Waals surface area contributed by atoms with Crippen molar-refractivity contribution in [1.29, 1.82) is 0 Å². The number of hydrogen-bond donors (Lipinski definition) is 10. The third kappa shape index (κ3) is 12.6. The van der Waals surface area contributed by atoms with Gasteiger partial charge in [0.1, 0.15) is 6.10 Å². The molecule has 3 aromatic carbocycles. The second kappa shape index (κ2) is 22.5. The van der Waals surface area contributed by atoms with E-state index in [1.807, 2.05) is 36.5 Å². The first kappa shape index (κ1) is 52.8. The lowest BCUT2D eigenvalue weighted by Crippen LogP contribution is -2.56. The van der Waals surface area contributed by atoms with Crippen molar-refractivity contribution < 1.29 is 84.1 Å². The van der Waals surface area contributed by atoms with Crippen molar-refractivity contribution >= 4 is 69.6 Å². The Hall–Kier alpha value is -6.52. The maximum absolute atomic E-state index is 10.3. The van der Waals surface area contributed by atoms with E-state index in [4.69, 9.17) is 67.0 Å². The minimum atomic E-state index is -2.74. The van der Waals surface area contributed by atoms with Crippen LogP contribution in [0.4, 0.5) is 5.69 Å². The lowest BCUT2D eigenvalue weighted by Gasteiger charge is -2.48. The summed E-state index contributed by atoms with van der Waals surface area (Å²) in [5.41, 5.74) is -0.661. The number of nitrogens with one attached hydrogen (secondary N) is 2. The molecule has 2 saturated carbocycles. The molecule has 21 heteroatoms. The van der Waals surface area contributed by atoms with E-state index >= 15 is 0 Å². The van der Waals surface area contributed by atoms with E-state index in [0.717, 1.165) is 78.8 Å². The van der Waals surface area contributed by atoms with E-state index in [1.165, 1.54) is 11.1 Å². The molecule has 10 N–H and O–H groups in total. The van der Waals surface area contributed by atoms with Crippen LogP contribution in [0.15, 0.2) is 97.2 Å². The van der Waals surface area contributed by atoms with Crippen LogP contribution in [0.3, 0.4) is 0 Å². The average Bonchev–Trinajstić information content (AvgIpc) is 3.99. The van der Waals surface area contributed by atoms with Gasteiger partial charge >= 0.3 is 35.8 Å². The lowest BCUT2D eigenvalue weighted by atomic mass is 9.86. The molecule has 1 spiro atoms. The van der Waals surface area contributed by atoms with Gasteiger partial charge in [-0.1, -0.05) is 78.3 Å². The number of anilines is 1. The van der Waals surface area contributed by atoms with Crippen molar-refractivity contribution in [3.63, 3.8) is 0 Å². The molecule has 4 aromatic rings. The predicted molar refractivity (Wildman–Crippen MR) is 248 cm³/mol. The summed E-state index contributed by atoms with van der Waals surface area (Å²) in [5, 5.41) is 76.8. The molecule has 3 aliphatic carbocycles. The van der Waals surface area contributed by atoms with E-state index in [0.29, 0.717) is 17.9 Å². The van der Waals surface area contributed by atoms with Gasteiger partial charge in [-0.2, -0.15) is 4.89 Å². The first-order chi connectivity index (χ1) is 33.2. The topological polar surface area (TPSA) is 329 Å². The van der Waals surface area contributed by atoms with Crippen molar-refractivity contribution in [3.05, 3.63) is 113 Å². The van der Waals surface area contributed by atoms with Crippen LogP contribution in [-0.2, 0) is 48.9 Å². The molecule has 6 atom stereocenters. The van der Waals surface area contributed by atoms with Gasteiger partial charge in [0.2, 0.25) is 5.79 Å². The number of pyridine rings is 1. The monoisotopic (exact) mass is 991 g/mol. The molecule has 1 unspecified atom stereocenters. The van der Waals surface area contributed by atoms with Gasteiger partial charge in [0, 0.05) is 48.0 Å². The Balaban J connectivity index is 0.000000255. The maximum atomic E-state index is 10.3. The zero-order chi connectivity index (χ0) is 50.9. The Bertz CT molecular complexity index is 2500. The van der Waals surface area contributed by atoms with Gasteiger partial charge in [-0.25, -0.2) is 14.5 Å². The van der Waals surface area contributed by atoms with Crippen molar-refractivity contribution in [3.8, 4) is 0 Å². The summed E-state index contributed by atoms with van der Waals surface area (Å²) in [6.07, 6.45) is 5.20. The molecule has 8 rings (SSSR count). The smallest absolute Gasteiger partial charge is 0.336 e. The van der Waals surface area contributed by atoms with Gasteiger partial charge in [-0.05, 0) is 79.1 Å². The number of fused-ring (bicyclic) bond motifs is 4. The van der Waals surface area contributed by atoms with Gasteiger partial charge in [-0.15, -0.1) is 0 Å². The van der Waals surface area contributed by atoms with Crippen LogP contribution in [-0.4, -0.2) is 124 Å². The molecule has 70 heavy (non-hydrogen) atoms. The highest BCUT2D eigenvalue weighted by Crippen LogP contribution is 2.59. The third-order valence-electron chi connectivity index (χ3n) is 12.8. The van der Waals surface area contributed by atoms with Crippen molar-refractivity contribution in [2.45, 2.75) is 98.9 Å². The van der Waals surface area contributed by atoms with Crippen molar-refractivity contribution in [2.24, 2.45) is 11.8 Å². The quantitative estimate of drug-likeness (QED) is 0.0441. The Morgan fingerprint density at radius 3 is 1.89 bits per heavy atom. The number of aromatic nitrogens is 1. The first-order valence-electron chi connectivity index (χ1n) is 22.3. The van der Waals surface area contributed by atoms with Gasteiger partial charge in [0.05, 0.1) is 36.9 Å². The predicted octanol–water partition coefficient (Wildman–Crippen LogP) is 5.40. The number of aliphatic hydroxyl groups is 2. The fourth-order valence-corrected chi connectivity index (χ4v) is 9.76. The zero-order valence-corrected chi connectivity index (χ0v) is 38.4.